The third-order valence-corrected chi connectivity index (χ3v) is 4.00. The highest BCUT2D eigenvalue weighted by Crippen LogP contribution is 2.56. The van der Waals surface area contributed by atoms with Crippen molar-refractivity contribution in [1.29, 1.82) is 0 Å². The molecule has 0 bridgehead atoms. The first-order valence-electron chi connectivity index (χ1n) is 5.36. The Morgan fingerprint density at radius 1 is 1.40 bits per heavy atom. The van der Waals surface area contributed by atoms with Gasteiger partial charge in [0.2, 0.25) is 0 Å². The SMILES string of the molecule is CC1(C)CC[C@]2(C)C=CC(=O)C(=[N+]=[N-])[C@H]12. The van der Waals surface area contributed by atoms with Crippen LogP contribution in [0.2, 0.25) is 0 Å². The van der Waals surface area contributed by atoms with Crippen molar-refractivity contribution in [2.24, 2.45) is 16.7 Å². The molecule has 1 fully saturated rings. The second-order valence-corrected chi connectivity index (χ2v) is 5.61. The van der Waals surface area contributed by atoms with Crippen LogP contribution in [0.4, 0.5) is 0 Å². The predicted molar refractivity (Wildman–Crippen MR) is 57.4 cm³/mol. The Labute approximate surface area is 89.8 Å². The average Bonchev–Trinajstić information content (AvgIpc) is 2.41. The molecule has 2 atom stereocenters. The van der Waals surface area contributed by atoms with Crippen LogP contribution in [0.3, 0.4) is 0 Å². The summed E-state index contributed by atoms with van der Waals surface area (Å²) < 4.78 is 0. The molecule has 0 aromatic heterocycles. The Hall–Kier alpha value is -1.21. The topological polar surface area (TPSA) is 53.5 Å². The summed E-state index contributed by atoms with van der Waals surface area (Å²) in [5, 5.41) is 0. The van der Waals surface area contributed by atoms with Gasteiger partial charge in [-0.1, -0.05) is 26.8 Å². The van der Waals surface area contributed by atoms with Gasteiger partial charge in [0.25, 0.3) is 5.78 Å². The summed E-state index contributed by atoms with van der Waals surface area (Å²) in [4.78, 5) is 14.8. The fraction of sp³-hybridized carbons (Fsp3) is 0.667. The van der Waals surface area contributed by atoms with E-state index in [9.17, 15) is 4.79 Å². The first-order valence-corrected chi connectivity index (χ1v) is 5.36. The van der Waals surface area contributed by atoms with Crippen molar-refractivity contribution >= 4 is 11.5 Å². The van der Waals surface area contributed by atoms with Crippen LogP contribution in [0.1, 0.15) is 33.6 Å². The normalized spacial score (nSPS) is 37.7. The van der Waals surface area contributed by atoms with E-state index in [1.807, 2.05) is 6.08 Å². The van der Waals surface area contributed by atoms with E-state index in [4.69, 9.17) is 5.53 Å². The van der Waals surface area contributed by atoms with Crippen LogP contribution < -0.4 is 0 Å². The molecule has 0 spiro atoms. The number of nitrogens with zero attached hydrogens (tertiary/aromatic N) is 2. The molecule has 3 nitrogen and oxygen atoms in total. The lowest BCUT2D eigenvalue weighted by Gasteiger charge is -2.33. The molecule has 2 rings (SSSR count). The minimum atomic E-state index is -0.144. The minimum absolute atomic E-state index is 0.0149. The maximum atomic E-state index is 11.6. The summed E-state index contributed by atoms with van der Waals surface area (Å²) >= 11 is 0. The second kappa shape index (κ2) is 2.89. The highest BCUT2D eigenvalue weighted by Gasteiger charge is 2.57. The predicted octanol–water partition coefficient (Wildman–Crippen LogP) is 2.24. The molecule has 0 radical (unpaired) electrons. The smallest absolute Gasteiger partial charge is 0.343 e. The van der Waals surface area contributed by atoms with Crippen molar-refractivity contribution in [3.63, 3.8) is 0 Å². The number of allylic oxidation sites excluding steroid dienone is 2. The number of ketones is 1. The molecular formula is C12H16N2O. The van der Waals surface area contributed by atoms with E-state index in [0.717, 1.165) is 12.8 Å². The Kier molecular flexibility index (Phi) is 1.99. The van der Waals surface area contributed by atoms with E-state index in [2.05, 4.69) is 25.6 Å². The first-order chi connectivity index (χ1) is 6.91. The Morgan fingerprint density at radius 3 is 2.67 bits per heavy atom. The molecule has 80 valence electrons. The van der Waals surface area contributed by atoms with E-state index >= 15 is 0 Å². The quantitative estimate of drug-likeness (QED) is 0.441. The van der Waals surface area contributed by atoms with Crippen LogP contribution in [-0.4, -0.2) is 16.3 Å². The summed E-state index contributed by atoms with van der Waals surface area (Å²) in [6.07, 6.45) is 5.65. The zero-order valence-electron chi connectivity index (χ0n) is 9.45. The van der Waals surface area contributed by atoms with Gasteiger partial charge < -0.3 is 5.53 Å². The molecule has 2 aliphatic rings. The summed E-state index contributed by atoms with van der Waals surface area (Å²) in [5.41, 5.74) is 9.35. The van der Waals surface area contributed by atoms with Gasteiger partial charge in [-0.25, -0.2) is 0 Å². The zero-order chi connectivity index (χ0) is 11.3. The summed E-state index contributed by atoms with van der Waals surface area (Å²) in [6, 6.07) is 0. The van der Waals surface area contributed by atoms with Crippen LogP contribution in [0.5, 0.6) is 0 Å². The van der Waals surface area contributed by atoms with Crippen molar-refractivity contribution in [2.75, 3.05) is 0 Å². The molecule has 0 aliphatic heterocycles. The zero-order valence-corrected chi connectivity index (χ0v) is 9.45. The maximum absolute atomic E-state index is 11.6. The number of fused-ring (bicyclic) bond motifs is 1. The van der Waals surface area contributed by atoms with Crippen molar-refractivity contribution < 1.29 is 9.58 Å². The van der Waals surface area contributed by atoms with Crippen molar-refractivity contribution in [3.05, 3.63) is 17.7 Å². The van der Waals surface area contributed by atoms with E-state index in [1.54, 1.807) is 6.08 Å². The molecule has 0 aromatic rings. The Balaban J connectivity index is 2.59. The van der Waals surface area contributed by atoms with Crippen LogP contribution >= 0.6 is 0 Å². The molecular weight excluding hydrogens is 188 g/mol. The lowest BCUT2D eigenvalue weighted by Crippen LogP contribution is -2.42. The van der Waals surface area contributed by atoms with Gasteiger partial charge in [-0.2, -0.15) is 4.79 Å². The highest BCUT2D eigenvalue weighted by molar-refractivity contribution is 6.43. The van der Waals surface area contributed by atoms with E-state index < -0.39 is 0 Å². The van der Waals surface area contributed by atoms with E-state index in [-0.39, 0.29) is 22.5 Å². The van der Waals surface area contributed by atoms with Gasteiger partial charge in [-0.15, -0.1) is 0 Å². The number of rotatable bonds is 0. The van der Waals surface area contributed by atoms with Crippen molar-refractivity contribution in [3.8, 4) is 0 Å². The van der Waals surface area contributed by atoms with Crippen LogP contribution in [-0.2, 0) is 4.79 Å². The fourth-order valence-corrected chi connectivity index (χ4v) is 3.24. The van der Waals surface area contributed by atoms with Crippen molar-refractivity contribution in [2.45, 2.75) is 33.6 Å². The maximum Gasteiger partial charge on any atom is 0.343 e. The van der Waals surface area contributed by atoms with Crippen LogP contribution in [0.25, 0.3) is 5.53 Å². The fourth-order valence-electron chi connectivity index (χ4n) is 3.24. The molecule has 15 heavy (non-hydrogen) atoms. The van der Waals surface area contributed by atoms with Crippen LogP contribution in [0.15, 0.2) is 12.2 Å². The summed E-state index contributed by atoms with van der Waals surface area (Å²) in [7, 11) is 0. The molecule has 0 unspecified atom stereocenters. The summed E-state index contributed by atoms with van der Waals surface area (Å²) in [5.74, 6) is -0.0950. The first kappa shape index (κ1) is 10.3. The van der Waals surface area contributed by atoms with Gasteiger partial charge >= 0.3 is 5.71 Å². The van der Waals surface area contributed by atoms with Gasteiger partial charge in [0.05, 0.1) is 5.92 Å². The van der Waals surface area contributed by atoms with E-state index in [1.165, 1.54) is 0 Å². The van der Waals surface area contributed by atoms with Gasteiger partial charge in [-0.3, -0.25) is 4.79 Å². The minimum Gasteiger partial charge on any atom is -0.361 e. The molecule has 0 heterocycles. The summed E-state index contributed by atoms with van der Waals surface area (Å²) in [6.45, 7) is 6.42. The number of carbonyl (C=O) groups is 1. The lowest BCUT2D eigenvalue weighted by molar-refractivity contribution is -0.115. The third-order valence-electron chi connectivity index (χ3n) is 4.00. The monoisotopic (exact) mass is 204 g/mol. The largest absolute Gasteiger partial charge is 0.361 e. The lowest BCUT2D eigenvalue weighted by atomic mass is 9.65. The standard InChI is InChI=1S/C12H16N2O/c1-11(2)6-7-12(3)5-4-8(15)9(14-13)10(11)12/h4-5,10H,6-7H2,1-3H3/t10-,12+/m1/s1. The number of hydrogen-bond acceptors (Lipinski definition) is 1. The Morgan fingerprint density at radius 2 is 2.07 bits per heavy atom. The molecule has 0 saturated heterocycles. The average molecular weight is 204 g/mol. The van der Waals surface area contributed by atoms with Crippen LogP contribution in [0, 0.1) is 16.7 Å². The molecule has 0 N–H and O–H groups in total. The second-order valence-electron chi connectivity index (χ2n) is 5.61. The third kappa shape index (κ3) is 1.30. The molecule has 1 saturated carbocycles. The molecule has 2 aliphatic carbocycles. The van der Waals surface area contributed by atoms with Gasteiger partial charge in [0, 0.05) is 5.41 Å². The highest BCUT2D eigenvalue weighted by atomic mass is 16.1. The number of hydrogen-bond donors (Lipinski definition) is 0. The van der Waals surface area contributed by atoms with Gasteiger partial charge in [0.15, 0.2) is 0 Å². The Bertz CT molecular complexity index is 402. The molecule has 0 aromatic carbocycles. The number of carbonyl (C=O) groups excluding carboxylic acids is 1. The molecule has 3 heteroatoms. The van der Waals surface area contributed by atoms with Gasteiger partial charge in [0.1, 0.15) is 0 Å². The van der Waals surface area contributed by atoms with E-state index in [0.29, 0.717) is 5.71 Å². The van der Waals surface area contributed by atoms with Crippen molar-refractivity contribution in [1.82, 2.24) is 0 Å². The van der Waals surface area contributed by atoms with Gasteiger partial charge in [-0.05, 0) is 24.3 Å². The molecule has 0 amide bonds.